The van der Waals surface area contributed by atoms with Crippen molar-refractivity contribution < 1.29 is 23.8 Å². The van der Waals surface area contributed by atoms with Crippen molar-refractivity contribution in [3.8, 4) is 11.5 Å². The van der Waals surface area contributed by atoms with Crippen molar-refractivity contribution in [2.75, 3.05) is 6.79 Å². The topological polar surface area (TPSA) is 120 Å². The van der Waals surface area contributed by atoms with Crippen molar-refractivity contribution in [3.05, 3.63) is 41.6 Å². The van der Waals surface area contributed by atoms with Crippen LogP contribution in [-0.2, 0) is 6.54 Å². The maximum Gasteiger partial charge on any atom is 0.273 e. The Hall–Kier alpha value is -2.58. The van der Waals surface area contributed by atoms with Crippen LogP contribution in [0.3, 0.4) is 0 Å². The summed E-state index contributed by atoms with van der Waals surface area (Å²) >= 11 is 0. The molecule has 3 rings (SSSR count). The molecule has 2 aromatic rings. The highest BCUT2D eigenvalue weighted by Crippen LogP contribution is 2.32. The van der Waals surface area contributed by atoms with Gasteiger partial charge < -0.3 is 30.0 Å². The van der Waals surface area contributed by atoms with Gasteiger partial charge in [-0.1, -0.05) is 6.07 Å². The number of fused-ring (bicyclic) bond motifs is 1. The van der Waals surface area contributed by atoms with Crippen LogP contribution in [0.1, 0.15) is 34.9 Å². The molecule has 23 heavy (non-hydrogen) atoms. The van der Waals surface area contributed by atoms with Gasteiger partial charge in [0.2, 0.25) is 12.7 Å². The van der Waals surface area contributed by atoms with Crippen molar-refractivity contribution in [3.63, 3.8) is 0 Å². The molecule has 0 aliphatic carbocycles. The summed E-state index contributed by atoms with van der Waals surface area (Å²) in [4.78, 5) is 16.1. The highest BCUT2D eigenvalue weighted by molar-refractivity contribution is 5.91. The molecule has 1 aromatic carbocycles. The third kappa shape index (κ3) is 3.27. The smallest absolute Gasteiger partial charge is 0.273 e. The monoisotopic (exact) mass is 319 g/mol. The lowest BCUT2D eigenvalue weighted by Gasteiger charge is -2.09. The van der Waals surface area contributed by atoms with Crippen molar-refractivity contribution in [1.29, 1.82) is 0 Å². The minimum atomic E-state index is -0.821. The molecule has 0 saturated carbocycles. The van der Waals surface area contributed by atoms with Crippen LogP contribution in [0.5, 0.6) is 11.5 Å². The maximum atomic E-state index is 12.1. The van der Waals surface area contributed by atoms with E-state index in [4.69, 9.17) is 19.6 Å². The predicted molar refractivity (Wildman–Crippen MR) is 78.8 cm³/mol. The third-order valence-electron chi connectivity index (χ3n) is 3.45. The lowest BCUT2D eigenvalue weighted by Crippen LogP contribution is -2.25. The standard InChI is InChI=1S/C15H17N3O5/c1-8(19)13(16)15-18-10(6-21-15)14(20)17-5-9-2-3-11-12(4-9)23-7-22-11/h2-4,6,8,13,19H,5,7,16H2,1H3,(H,17,20). The van der Waals surface area contributed by atoms with Crippen LogP contribution in [0.2, 0.25) is 0 Å². The molecule has 1 aromatic heterocycles. The van der Waals surface area contributed by atoms with E-state index in [1.165, 1.54) is 13.2 Å². The zero-order valence-corrected chi connectivity index (χ0v) is 12.5. The highest BCUT2D eigenvalue weighted by atomic mass is 16.7. The van der Waals surface area contributed by atoms with Crippen molar-refractivity contribution in [1.82, 2.24) is 10.3 Å². The van der Waals surface area contributed by atoms with Crippen LogP contribution < -0.4 is 20.5 Å². The fraction of sp³-hybridized carbons (Fsp3) is 0.333. The van der Waals surface area contributed by atoms with Crippen LogP contribution >= 0.6 is 0 Å². The molecule has 2 atom stereocenters. The maximum absolute atomic E-state index is 12.1. The molecule has 1 aliphatic heterocycles. The van der Waals surface area contributed by atoms with E-state index < -0.39 is 18.1 Å². The highest BCUT2D eigenvalue weighted by Gasteiger charge is 2.20. The van der Waals surface area contributed by atoms with E-state index in [1.807, 2.05) is 6.07 Å². The number of hydrogen-bond donors (Lipinski definition) is 3. The zero-order chi connectivity index (χ0) is 16.4. The number of aliphatic hydroxyl groups is 1. The van der Waals surface area contributed by atoms with Gasteiger partial charge in [-0.25, -0.2) is 4.98 Å². The second-order valence-electron chi connectivity index (χ2n) is 5.21. The van der Waals surface area contributed by atoms with E-state index in [9.17, 15) is 9.90 Å². The molecule has 0 fully saturated rings. The van der Waals surface area contributed by atoms with Crippen LogP contribution in [-0.4, -0.2) is 28.9 Å². The molecule has 0 bridgehead atoms. The Morgan fingerprint density at radius 3 is 3.00 bits per heavy atom. The number of nitrogens with one attached hydrogen (secondary N) is 1. The second kappa shape index (κ2) is 6.27. The molecular formula is C15H17N3O5. The number of aliphatic hydroxyl groups excluding tert-OH is 1. The van der Waals surface area contributed by atoms with Crippen LogP contribution in [0.4, 0.5) is 0 Å². The zero-order valence-electron chi connectivity index (χ0n) is 12.5. The van der Waals surface area contributed by atoms with Gasteiger partial charge in [0.05, 0.1) is 6.10 Å². The largest absolute Gasteiger partial charge is 0.454 e. The first-order valence-electron chi connectivity index (χ1n) is 7.10. The summed E-state index contributed by atoms with van der Waals surface area (Å²) in [6.07, 6.45) is 0.394. The summed E-state index contributed by atoms with van der Waals surface area (Å²) in [7, 11) is 0. The average Bonchev–Trinajstić information content (AvgIpc) is 3.20. The third-order valence-corrected chi connectivity index (χ3v) is 3.45. The van der Waals surface area contributed by atoms with Gasteiger partial charge in [0.1, 0.15) is 12.3 Å². The van der Waals surface area contributed by atoms with E-state index in [0.717, 1.165) is 5.56 Å². The second-order valence-corrected chi connectivity index (χ2v) is 5.21. The van der Waals surface area contributed by atoms with Gasteiger partial charge in [-0.05, 0) is 24.6 Å². The number of carbonyl (C=O) groups excluding carboxylic acids is 1. The molecule has 2 heterocycles. The van der Waals surface area contributed by atoms with Gasteiger partial charge in [-0.2, -0.15) is 0 Å². The minimum absolute atomic E-state index is 0.108. The molecule has 2 unspecified atom stereocenters. The normalized spacial score (nSPS) is 15.3. The Morgan fingerprint density at radius 1 is 1.43 bits per heavy atom. The summed E-state index contributed by atoms with van der Waals surface area (Å²) in [5.41, 5.74) is 6.68. The molecule has 8 heteroatoms. The van der Waals surface area contributed by atoms with E-state index in [-0.39, 0.29) is 18.4 Å². The molecule has 0 spiro atoms. The van der Waals surface area contributed by atoms with E-state index >= 15 is 0 Å². The van der Waals surface area contributed by atoms with Gasteiger partial charge in [-0.15, -0.1) is 0 Å². The fourth-order valence-corrected chi connectivity index (χ4v) is 2.08. The Balaban J connectivity index is 1.61. The first-order valence-corrected chi connectivity index (χ1v) is 7.10. The molecule has 8 nitrogen and oxygen atoms in total. The molecule has 1 amide bonds. The molecule has 1 aliphatic rings. The number of amides is 1. The summed E-state index contributed by atoms with van der Waals surface area (Å²) in [6, 6.07) is 4.66. The fourth-order valence-electron chi connectivity index (χ4n) is 2.08. The van der Waals surface area contributed by atoms with E-state index in [0.29, 0.717) is 18.0 Å². The number of benzene rings is 1. The lowest BCUT2D eigenvalue weighted by atomic mass is 10.2. The van der Waals surface area contributed by atoms with Crippen molar-refractivity contribution in [2.24, 2.45) is 5.73 Å². The average molecular weight is 319 g/mol. The molecule has 122 valence electrons. The van der Waals surface area contributed by atoms with Gasteiger partial charge in [0.15, 0.2) is 17.2 Å². The quantitative estimate of drug-likeness (QED) is 0.742. The first-order chi connectivity index (χ1) is 11.0. The molecule has 0 radical (unpaired) electrons. The van der Waals surface area contributed by atoms with Crippen LogP contribution in [0, 0.1) is 0 Å². The number of ether oxygens (including phenoxy) is 2. The summed E-state index contributed by atoms with van der Waals surface area (Å²) in [5.74, 6) is 1.07. The SMILES string of the molecule is CC(O)C(N)c1nc(C(=O)NCc2ccc3c(c2)OCO3)co1. The number of rotatable bonds is 5. The number of nitrogens with two attached hydrogens (primary N) is 1. The minimum Gasteiger partial charge on any atom is -0.454 e. The van der Waals surface area contributed by atoms with Crippen molar-refractivity contribution in [2.45, 2.75) is 25.6 Å². The van der Waals surface area contributed by atoms with E-state index in [1.54, 1.807) is 12.1 Å². The Labute approximate surface area is 132 Å². The van der Waals surface area contributed by atoms with Gasteiger partial charge >= 0.3 is 0 Å². The lowest BCUT2D eigenvalue weighted by molar-refractivity contribution is 0.0945. The van der Waals surface area contributed by atoms with Crippen molar-refractivity contribution >= 4 is 5.91 Å². The van der Waals surface area contributed by atoms with Gasteiger partial charge in [-0.3, -0.25) is 4.79 Å². The first kappa shape index (κ1) is 15.3. The van der Waals surface area contributed by atoms with Gasteiger partial charge in [0.25, 0.3) is 5.91 Å². The van der Waals surface area contributed by atoms with Gasteiger partial charge in [0, 0.05) is 6.54 Å². The number of hydrogen-bond acceptors (Lipinski definition) is 7. The summed E-state index contributed by atoms with van der Waals surface area (Å²) in [6.45, 7) is 2.03. The Morgan fingerprint density at radius 2 is 2.22 bits per heavy atom. The van der Waals surface area contributed by atoms with E-state index in [2.05, 4.69) is 10.3 Å². The predicted octanol–water partition coefficient (Wildman–Crippen LogP) is 0.714. The Kier molecular flexibility index (Phi) is 4.18. The van der Waals surface area contributed by atoms with Crippen LogP contribution in [0.15, 0.2) is 28.9 Å². The van der Waals surface area contributed by atoms with Crippen LogP contribution in [0.25, 0.3) is 0 Å². The number of oxazole rings is 1. The molecular weight excluding hydrogens is 302 g/mol. The molecule has 0 saturated heterocycles. The summed E-state index contributed by atoms with van der Waals surface area (Å²) < 4.78 is 15.6. The number of carbonyl (C=O) groups is 1. The molecule has 4 N–H and O–H groups in total. The summed E-state index contributed by atoms with van der Waals surface area (Å²) in [5, 5.41) is 12.1. The number of nitrogens with zero attached hydrogens (tertiary/aromatic N) is 1. The Bertz CT molecular complexity index is 713. The number of aromatic nitrogens is 1.